The van der Waals surface area contributed by atoms with Crippen molar-refractivity contribution in [2.24, 2.45) is 0 Å². The molecule has 10 heteroatoms. The van der Waals surface area contributed by atoms with Gasteiger partial charge in [0.15, 0.2) is 5.16 Å². The number of anilines is 1. The molecule has 0 saturated carbocycles. The first kappa shape index (κ1) is 17.4. The lowest BCUT2D eigenvalue weighted by Gasteiger charge is -2.10. The average Bonchev–Trinajstić information content (AvgIpc) is 3.36. The third-order valence-corrected chi connectivity index (χ3v) is 5.24. The fraction of sp³-hybridized carbons (Fsp3) is 0.118. The molecule has 4 rings (SSSR count). The van der Waals surface area contributed by atoms with Gasteiger partial charge in [0, 0.05) is 0 Å². The predicted octanol–water partition coefficient (Wildman–Crippen LogP) is 3.01. The molecular formula is C17H14N6O2S2. The zero-order valence-corrected chi connectivity index (χ0v) is 15.8. The van der Waals surface area contributed by atoms with Gasteiger partial charge in [-0.05, 0) is 24.3 Å². The van der Waals surface area contributed by atoms with Gasteiger partial charge in [-0.15, -0.1) is 10.2 Å². The maximum absolute atomic E-state index is 12.4. The Morgan fingerprint density at radius 3 is 3.00 bits per heavy atom. The molecule has 0 aliphatic heterocycles. The standard InChI is InChI=1S/C17H14N6O2S2/c1-25-14-8-3-2-7-13(14)23-10-18-20-17(23)26-9-15(24)19-11-5-4-6-12-16(11)22-27-21-12/h2-8,10H,9H2,1H3,(H,19,24). The van der Waals surface area contributed by atoms with Crippen LogP contribution in [0.4, 0.5) is 5.69 Å². The van der Waals surface area contributed by atoms with Crippen LogP contribution in [-0.2, 0) is 4.79 Å². The van der Waals surface area contributed by atoms with Crippen LogP contribution in [0.5, 0.6) is 5.75 Å². The van der Waals surface area contributed by atoms with Crippen molar-refractivity contribution in [3.8, 4) is 11.4 Å². The van der Waals surface area contributed by atoms with Crippen molar-refractivity contribution in [1.82, 2.24) is 23.5 Å². The van der Waals surface area contributed by atoms with Crippen LogP contribution < -0.4 is 10.1 Å². The van der Waals surface area contributed by atoms with Gasteiger partial charge in [-0.25, -0.2) is 0 Å². The SMILES string of the molecule is COc1ccccc1-n1cnnc1SCC(=O)Nc1cccc2nsnc12. The van der Waals surface area contributed by atoms with E-state index in [0.717, 1.165) is 22.9 Å². The van der Waals surface area contributed by atoms with Crippen molar-refractivity contribution < 1.29 is 9.53 Å². The number of hydrogen-bond donors (Lipinski definition) is 1. The molecular weight excluding hydrogens is 384 g/mol. The van der Waals surface area contributed by atoms with Gasteiger partial charge in [-0.3, -0.25) is 9.36 Å². The number of rotatable bonds is 6. The highest BCUT2D eigenvalue weighted by atomic mass is 32.2. The van der Waals surface area contributed by atoms with Crippen molar-refractivity contribution in [2.45, 2.75) is 5.16 Å². The van der Waals surface area contributed by atoms with E-state index in [1.54, 1.807) is 18.0 Å². The van der Waals surface area contributed by atoms with Crippen molar-refractivity contribution in [3.63, 3.8) is 0 Å². The number of methoxy groups -OCH3 is 1. The van der Waals surface area contributed by atoms with Crippen molar-refractivity contribution in [3.05, 3.63) is 48.8 Å². The molecule has 0 spiro atoms. The zero-order chi connectivity index (χ0) is 18.6. The van der Waals surface area contributed by atoms with Gasteiger partial charge in [-0.2, -0.15) is 8.75 Å². The Balaban J connectivity index is 1.47. The summed E-state index contributed by atoms with van der Waals surface area (Å²) in [5.41, 5.74) is 2.92. The number of carbonyl (C=O) groups excluding carboxylic acids is 1. The topological polar surface area (TPSA) is 94.8 Å². The minimum Gasteiger partial charge on any atom is -0.495 e. The smallest absolute Gasteiger partial charge is 0.234 e. The third-order valence-electron chi connectivity index (χ3n) is 3.75. The highest BCUT2D eigenvalue weighted by molar-refractivity contribution is 7.99. The van der Waals surface area contributed by atoms with Crippen molar-refractivity contribution >= 4 is 46.1 Å². The highest BCUT2D eigenvalue weighted by Gasteiger charge is 2.14. The lowest BCUT2D eigenvalue weighted by atomic mass is 10.2. The van der Waals surface area contributed by atoms with E-state index in [4.69, 9.17) is 4.74 Å². The fourth-order valence-electron chi connectivity index (χ4n) is 2.54. The van der Waals surface area contributed by atoms with Crippen molar-refractivity contribution in [2.75, 3.05) is 18.2 Å². The second-order valence-electron chi connectivity index (χ2n) is 5.43. The molecule has 27 heavy (non-hydrogen) atoms. The quantitative estimate of drug-likeness (QED) is 0.499. The van der Waals surface area contributed by atoms with Gasteiger partial charge in [0.2, 0.25) is 5.91 Å². The Hall–Kier alpha value is -2.98. The number of nitrogens with one attached hydrogen (secondary N) is 1. The Bertz CT molecular complexity index is 1090. The molecule has 1 amide bonds. The van der Waals surface area contributed by atoms with E-state index in [9.17, 15) is 4.79 Å². The molecule has 1 N–H and O–H groups in total. The maximum atomic E-state index is 12.4. The molecule has 0 aliphatic carbocycles. The number of thioether (sulfide) groups is 1. The van der Waals surface area contributed by atoms with Gasteiger partial charge in [0.1, 0.15) is 23.1 Å². The number of ether oxygens (including phenoxy) is 1. The Labute approximate surface area is 162 Å². The number of para-hydroxylation sites is 2. The lowest BCUT2D eigenvalue weighted by Crippen LogP contribution is -2.14. The Kier molecular flexibility index (Phi) is 4.99. The summed E-state index contributed by atoms with van der Waals surface area (Å²) in [5.74, 6) is 0.725. The molecule has 2 aromatic heterocycles. The molecule has 0 bridgehead atoms. The number of benzene rings is 2. The Morgan fingerprint density at radius 2 is 2.11 bits per heavy atom. The molecule has 0 atom stereocenters. The average molecular weight is 398 g/mol. The molecule has 2 heterocycles. The second-order valence-corrected chi connectivity index (χ2v) is 6.90. The molecule has 0 saturated heterocycles. The number of nitrogens with zero attached hydrogens (tertiary/aromatic N) is 5. The molecule has 0 fully saturated rings. The van der Waals surface area contributed by atoms with E-state index < -0.39 is 0 Å². The van der Waals surface area contributed by atoms with Gasteiger partial charge >= 0.3 is 0 Å². The minimum atomic E-state index is -0.157. The minimum absolute atomic E-state index is 0.157. The Morgan fingerprint density at radius 1 is 1.22 bits per heavy atom. The van der Waals surface area contributed by atoms with Crippen LogP contribution in [0.1, 0.15) is 0 Å². The summed E-state index contributed by atoms with van der Waals surface area (Å²) in [6.07, 6.45) is 1.60. The summed E-state index contributed by atoms with van der Waals surface area (Å²) in [7, 11) is 1.61. The summed E-state index contributed by atoms with van der Waals surface area (Å²) in [6.45, 7) is 0. The van der Waals surface area contributed by atoms with E-state index in [0.29, 0.717) is 22.1 Å². The molecule has 136 valence electrons. The molecule has 0 aliphatic rings. The molecule has 0 unspecified atom stereocenters. The number of aromatic nitrogens is 5. The van der Waals surface area contributed by atoms with E-state index >= 15 is 0 Å². The second kappa shape index (κ2) is 7.72. The van der Waals surface area contributed by atoms with Gasteiger partial charge < -0.3 is 10.1 Å². The van der Waals surface area contributed by atoms with Crippen LogP contribution in [0.25, 0.3) is 16.7 Å². The first-order valence-corrected chi connectivity index (χ1v) is 9.65. The number of amides is 1. The summed E-state index contributed by atoms with van der Waals surface area (Å²) in [5, 5.41) is 11.5. The summed E-state index contributed by atoms with van der Waals surface area (Å²) in [6, 6.07) is 13.1. The highest BCUT2D eigenvalue weighted by Crippen LogP contribution is 2.27. The fourth-order valence-corrected chi connectivity index (χ4v) is 3.81. The zero-order valence-electron chi connectivity index (χ0n) is 14.2. The van der Waals surface area contributed by atoms with E-state index in [1.165, 1.54) is 11.8 Å². The monoisotopic (exact) mass is 398 g/mol. The number of fused-ring (bicyclic) bond motifs is 1. The number of carbonyl (C=O) groups is 1. The maximum Gasteiger partial charge on any atom is 0.234 e. The van der Waals surface area contributed by atoms with Gasteiger partial charge in [0.05, 0.1) is 36.0 Å². The van der Waals surface area contributed by atoms with Crippen LogP contribution in [0.3, 0.4) is 0 Å². The first-order valence-electron chi connectivity index (χ1n) is 7.93. The molecule has 4 aromatic rings. The molecule has 8 nitrogen and oxygen atoms in total. The van der Waals surface area contributed by atoms with Crippen LogP contribution in [0.15, 0.2) is 53.9 Å². The lowest BCUT2D eigenvalue weighted by molar-refractivity contribution is -0.113. The van der Waals surface area contributed by atoms with E-state index in [2.05, 4.69) is 24.3 Å². The predicted molar refractivity (Wildman–Crippen MR) is 105 cm³/mol. The van der Waals surface area contributed by atoms with Crippen molar-refractivity contribution in [1.29, 1.82) is 0 Å². The van der Waals surface area contributed by atoms with Gasteiger partial charge in [0.25, 0.3) is 0 Å². The van der Waals surface area contributed by atoms with Crippen LogP contribution in [0, 0.1) is 0 Å². The third kappa shape index (κ3) is 3.62. The van der Waals surface area contributed by atoms with Crippen LogP contribution >= 0.6 is 23.5 Å². The summed E-state index contributed by atoms with van der Waals surface area (Å²) < 4.78 is 15.6. The van der Waals surface area contributed by atoms with E-state index in [1.807, 2.05) is 42.5 Å². The molecule has 2 aromatic carbocycles. The summed E-state index contributed by atoms with van der Waals surface area (Å²) in [4.78, 5) is 12.4. The first-order chi connectivity index (χ1) is 13.3. The largest absolute Gasteiger partial charge is 0.495 e. The van der Waals surface area contributed by atoms with Crippen LogP contribution in [0.2, 0.25) is 0 Å². The van der Waals surface area contributed by atoms with Crippen LogP contribution in [-0.4, -0.2) is 42.3 Å². The summed E-state index contributed by atoms with van der Waals surface area (Å²) >= 11 is 2.41. The van der Waals surface area contributed by atoms with E-state index in [-0.39, 0.29) is 11.7 Å². The normalized spacial score (nSPS) is 10.9. The molecule has 0 radical (unpaired) electrons. The van der Waals surface area contributed by atoms with Gasteiger partial charge in [-0.1, -0.05) is 30.0 Å². The number of hydrogen-bond acceptors (Lipinski definition) is 8.